The monoisotopic (exact) mass is 552 g/mol. The van der Waals surface area contributed by atoms with Crippen LogP contribution in [-0.4, -0.2) is 4.57 Å². The Balaban J connectivity index is 1.40. The smallest absolute Gasteiger partial charge is 0.0988 e. The van der Waals surface area contributed by atoms with Crippen molar-refractivity contribution in [3.05, 3.63) is 137 Å². The lowest BCUT2D eigenvalue weighted by Gasteiger charge is -2.30. The molecule has 1 aromatic heterocycles. The quantitative estimate of drug-likeness (QED) is 0.199. The van der Waals surface area contributed by atoms with Crippen LogP contribution in [0.15, 0.2) is 115 Å². The summed E-state index contributed by atoms with van der Waals surface area (Å²) in [6.07, 6.45) is 6.48. The molecular weight excluding hydrogens is 520 g/mol. The lowest BCUT2D eigenvalue weighted by Crippen LogP contribution is -2.25. The maximum absolute atomic E-state index is 9.67. The number of rotatable bonds is 1. The Kier molecular flexibility index (Phi) is 4.68. The van der Waals surface area contributed by atoms with Crippen molar-refractivity contribution in [3.63, 3.8) is 0 Å². The number of fused-ring (bicyclic) bond motifs is 11. The summed E-state index contributed by atoms with van der Waals surface area (Å²) < 4.78 is 2.48. The van der Waals surface area contributed by atoms with Gasteiger partial charge in [-0.05, 0) is 98.0 Å². The zero-order chi connectivity index (χ0) is 29.2. The van der Waals surface area contributed by atoms with Gasteiger partial charge < -0.3 is 4.57 Å². The molecule has 3 aliphatic rings. The van der Waals surface area contributed by atoms with Gasteiger partial charge in [0, 0.05) is 33.4 Å². The highest BCUT2D eigenvalue weighted by molar-refractivity contribution is 6.13. The van der Waals surface area contributed by atoms with E-state index in [1.54, 1.807) is 0 Å². The fourth-order valence-electron chi connectivity index (χ4n) is 8.65. The predicted octanol–water partition coefficient (Wildman–Crippen LogP) is 10.3. The molecule has 0 aliphatic heterocycles. The minimum atomic E-state index is -0.0989. The number of para-hydroxylation sites is 1. The SMILES string of the molecule is CC1(C)c2cc3c4cc5c(cc4n(-c4ccccc4)c3cc2-c2c1ccc1ccccc21)C1C=CC(C#N)=CC1C5(C)C. The molecule has 0 saturated carbocycles. The van der Waals surface area contributed by atoms with E-state index in [1.165, 1.54) is 71.6 Å². The van der Waals surface area contributed by atoms with Crippen LogP contribution in [0, 0.1) is 17.2 Å². The largest absolute Gasteiger partial charge is 0.309 e. The molecule has 6 aromatic rings. The van der Waals surface area contributed by atoms with Crippen molar-refractivity contribution >= 4 is 32.6 Å². The van der Waals surface area contributed by atoms with Crippen molar-refractivity contribution in [2.24, 2.45) is 5.92 Å². The van der Waals surface area contributed by atoms with Gasteiger partial charge in [0.25, 0.3) is 0 Å². The van der Waals surface area contributed by atoms with Gasteiger partial charge in [-0.15, -0.1) is 0 Å². The van der Waals surface area contributed by atoms with Crippen LogP contribution < -0.4 is 0 Å². The van der Waals surface area contributed by atoms with Gasteiger partial charge in [-0.2, -0.15) is 5.26 Å². The third-order valence-corrected chi connectivity index (χ3v) is 10.9. The number of aromatic nitrogens is 1. The molecule has 206 valence electrons. The molecule has 5 aromatic carbocycles. The van der Waals surface area contributed by atoms with E-state index in [0.29, 0.717) is 0 Å². The van der Waals surface area contributed by atoms with Crippen LogP contribution in [-0.2, 0) is 10.8 Å². The van der Waals surface area contributed by atoms with Gasteiger partial charge in [-0.1, -0.05) is 94.4 Å². The molecular formula is C41H32N2. The van der Waals surface area contributed by atoms with E-state index in [1.807, 2.05) is 6.08 Å². The second-order valence-corrected chi connectivity index (χ2v) is 13.7. The summed E-state index contributed by atoms with van der Waals surface area (Å²) in [5.41, 5.74) is 12.6. The summed E-state index contributed by atoms with van der Waals surface area (Å²) in [6, 6.07) is 36.5. The van der Waals surface area contributed by atoms with E-state index in [9.17, 15) is 5.26 Å². The molecule has 9 rings (SSSR count). The van der Waals surface area contributed by atoms with Crippen molar-refractivity contribution in [3.8, 4) is 22.9 Å². The summed E-state index contributed by atoms with van der Waals surface area (Å²) in [6.45, 7) is 9.47. The Morgan fingerprint density at radius 2 is 1.44 bits per heavy atom. The predicted molar refractivity (Wildman–Crippen MR) is 178 cm³/mol. The fraction of sp³-hybridized carbons (Fsp3) is 0.195. The first-order valence-corrected chi connectivity index (χ1v) is 15.3. The number of hydrogen-bond donors (Lipinski definition) is 0. The van der Waals surface area contributed by atoms with Crippen molar-refractivity contribution in [2.45, 2.75) is 44.4 Å². The normalized spacial score (nSPS) is 20.5. The maximum Gasteiger partial charge on any atom is 0.0988 e. The molecule has 2 atom stereocenters. The highest BCUT2D eigenvalue weighted by atomic mass is 15.0. The number of allylic oxidation sites excluding steroid dienone is 4. The number of nitriles is 1. The second-order valence-electron chi connectivity index (χ2n) is 13.7. The molecule has 2 nitrogen and oxygen atoms in total. The lowest BCUT2D eigenvalue weighted by molar-refractivity contribution is 0.393. The zero-order valence-electron chi connectivity index (χ0n) is 24.9. The van der Waals surface area contributed by atoms with Crippen LogP contribution in [0.1, 0.15) is 55.9 Å². The summed E-state index contributed by atoms with van der Waals surface area (Å²) in [4.78, 5) is 0. The first-order chi connectivity index (χ1) is 20.8. The standard InChI is InChI=1S/C41H32N2/c1-40(2)33-17-15-25-10-8-9-13-27(25)39(33)32-22-38-31(20-36(32)40)30-19-35-29(21-37(30)43(38)26-11-6-5-7-12-26)28-16-14-24(23-42)18-34(28)41(35,3)4/h5-22,28,34H,1-4H3. The van der Waals surface area contributed by atoms with Crippen LogP contribution in [0.25, 0.3) is 49.4 Å². The third-order valence-electron chi connectivity index (χ3n) is 10.9. The molecule has 0 fully saturated rings. The van der Waals surface area contributed by atoms with E-state index in [4.69, 9.17) is 0 Å². The lowest BCUT2D eigenvalue weighted by atomic mass is 9.73. The molecule has 0 saturated heterocycles. The van der Waals surface area contributed by atoms with E-state index < -0.39 is 0 Å². The van der Waals surface area contributed by atoms with Gasteiger partial charge in [-0.3, -0.25) is 0 Å². The first kappa shape index (κ1) is 24.7. The average Bonchev–Trinajstić information content (AvgIpc) is 3.55. The number of benzene rings is 5. The van der Waals surface area contributed by atoms with E-state index >= 15 is 0 Å². The van der Waals surface area contributed by atoms with Crippen molar-refractivity contribution in [1.82, 2.24) is 4.57 Å². The van der Waals surface area contributed by atoms with Gasteiger partial charge in [0.15, 0.2) is 0 Å². The summed E-state index contributed by atoms with van der Waals surface area (Å²) in [5.74, 6) is 0.548. The summed E-state index contributed by atoms with van der Waals surface area (Å²) in [5, 5.41) is 14.9. The molecule has 2 unspecified atom stereocenters. The highest BCUT2D eigenvalue weighted by Crippen LogP contribution is 2.57. The van der Waals surface area contributed by atoms with Crippen molar-refractivity contribution in [1.29, 1.82) is 5.26 Å². The van der Waals surface area contributed by atoms with Gasteiger partial charge in [0.1, 0.15) is 0 Å². The van der Waals surface area contributed by atoms with Gasteiger partial charge >= 0.3 is 0 Å². The van der Waals surface area contributed by atoms with Gasteiger partial charge in [0.2, 0.25) is 0 Å². The van der Waals surface area contributed by atoms with Crippen LogP contribution in [0.2, 0.25) is 0 Å². The van der Waals surface area contributed by atoms with E-state index in [2.05, 4.69) is 141 Å². The third kappa shape index (κ3) is 3.07. The molecule has 43 heavy (non-hydrogen) atoms. The second kappa shape index (κ2) is 8.15. The Bertz CT molecular complexity index is 2300. The minimum Gasteiger partial charge on any atom is -0.309 e. The highest BCUT2D eigenvalue weighted by Gasteiger charge is 2.46. The van der Waals surface area contributed by atoms with Crippen LogP contribution in [0.3, 0.4) is 0 Å². The Labute approximate surface area is 252 Å². The van der Waals surface area contributed by atoms with Crippen molar-refractivity contribution in [2.75, 3.05) is 0 Å². The zero-order valence-corrected chi connectivity index (χ0v) is 24.9. The van der Waals surface area contributed by atoms with Gasteiger partial charge in [0.05, 0.1) is 17.1 Å². The molecule has 1 heterocycles. The van der Waals surface area contributed by atoms with Crippen molar-refractivity contribution < 1.29 is 0 Å². The average molecular weight is 553 g/mol. The number of nitrogens with zero attached hydrogens (tertiary/aromatic N) is 2. The van der Waals surface area contributed by atoms with E-state index in [0.717, 1.165) is 5.57 Å². The Hall–Kier alpha value is -4.87. The molecule has 2 heteroatoms. The Morgan fingerprint density at radius 3 is 2.23 bits per heavy atom. The molecule has 3 aliphatic carbocycles. The summed E-state index contributed by atoms with van der Waals surface area (Å²) in [7, 11) is 0. The molecule has 0 N–H and O–H groups in total. The van der Waals surface area contributed by atoms with Crippen LogP contribution >= 0.6 is 0 Å². The van der Waals surface area contributed by atoms with E-state index in [-0.39, 0.29) is 22.7 Å². The summed E-state index contributed by atoms with van der Waals surface area (Å²) >= 11 is 0. The minimum absolute atomic E-state index is 0.0760. The molecule has 0 radical (unpaired) electrons. The fourth-order valence-corrected chi connectivity index (χ4v) is 8.65. The van der Waals surface area contributed by atoms with Crippen LogP contribution in [0.5, 0.6) is 0 Å². The topological polar surface area (TPSA) is 28.7 Å². The van der Waals surface area contributed by atoms with Gasteiger partial charge in [-0.25, -0.2) is 0 Å². The Morgan fingerprint density at radius 1 is 0.721 bits per heavy atom. The first-order valence-electron chi connectivity index (χ1n) is 15.3. The van der Waals surface area contributed by atoms with Crippen LogP contribution in [0.4, 0.5) is 0 Å². The maximum atomic E-state index is 9.67. The molecule has 0 spiro atoms. The number of hydrogen-bond acceptors (Lipinski definition) is 1. The molecule has 0 amide bonds. The molecule has 0 bridgehead atoms.